The summed E-state index contributed by atoms with van der Waals surface area (Å²) >= 11 is 0. The predicted molar refractivity (Wildman–Crippen MR) is 83.6 cm³/mol. The normalized spacial score (nSPS) is 20.4. The zero-order valence-corrected chi connectivity index (χ0v) is 13.8. The molecule has 108 valence electrons. The topological polar surface area (TPSA) is 37.4 Å². The lowest BCUT2D eigenvalue weighted by atomic mass is 9.90. The molecule has 0 N–H and O–H groups in total. The van der Waals surface area contributed by atoms with E-state index in [-0.39, 0.29) is 17.7 Å². The van der Waals surface area contributed by atoms with Crippen molar-refractivity contribution in [1.29, 1.82) is 0 Å². The van der Waals surface area contributed by atoms with Gasteiger partial charge in [-0.1, -0.05) is 49.1 Å². The van der Waals surface area contributed by atoms with Gasteiger partial charge < -0.3 is 0 Å². The van der Waals surface area contributed by atoms with E-state index in [4.69, 9.17) is 0 Å². The lowest BCUT2D eigenvalue weighted by Crippen LogP contribution is -2.43. The van der Waals surface area contributed by atoms with Gasteiger partial charge in [0, 0.05) is 19.4 Å². The van der Waals surface area contributed by atoms with Gasteiger partial charge in [-0.3, -0.25) is 14.5 Å². The number of amides is 2. The summed E-state index contributed by atoms with van der Waals surface area (Å²) in [7, 11) is 0.326. The third-order valence-electron chi connectivity index (χ3n) is 4.06. The van der Waals surface area contributed by atoms with Gasteiger partial charge in [0.15, 0.2) is 0 Å². The fraction of sp³-hybridized carbons (Fsp3) is 0.500. The molecule has 0 aliphatic carbocycles. The Bertz CT molecular complexity index is 516. The Morgan fingerprint density at radius 2 is 1.75 bits per heavy atom. The maximum absolute atomic E-state index is 12.1. The molecule has 20 heavy (non-hydrogen) atoms. The van der Waals surface area contributed by atoms with Crippen LogP contribution in [0, 0.1) is 5.92 Å². The molecule has 3 nitrogen and oxygen atoms in total. The van der Waals surface area contributed by atoms with Crippen molar-refractivity contribution in [2.24, 2.45) is 5.92 Å². The van der Waals surface area contributed by atoms with Crippen molar-refractivity contribution in [3.63, 3.8) is 0 Å². The van der Waals surface area contributed by atoms with E-state index in [9.17, 15) is 9.59 Å². The fourth-order valence-electron chi connectivity index (χ4n) is 2.60. The summed E-state index contributed by atoms with van der Waals surface area (Å²) in [6.07, 6.45) is 1.90. The van der Waals surface area contributed by atoms with E-state index >= 15 is 0 Å². The van der Waals surface area contributed by atoms with E-state index in [2.05, 4.69) is 43.9 Å². The van der Waals surface area contributed by atoms with Crippen molar-refractivity contribution in [3.8, 4) is 0 Å². The molecule has 2 amide bonds. The first-order valence-corrected chi connectivity index (χ1v) is 10.7. The van der Waals surface area contributed by atoms with E-state index < -0.39 is 8.07 Å². The van der Waals surface area contributed by atoms with E-state index in [0.717, 1.165) is 6.42 Å². The smallest absolute Gasteiger partial charge is 0.232 e. The van der Waals surface area contributed by atoms with Gasteiger partial charge in [-0.25, -0.2) is 0 Å². The highest BCUT2D eigenvalue weighted by Gasteiger charge is 2.31. The SMILES string of the molecule is CN1C(=O)CCC(Cc2ccc([Si](C)(C)C)cc2)C1=O. The molecule has 0 bridgehead atoms. The summed E-state index contributed by atoms with van der Waals surface area (Å²) in [5.74, 6) is -0.133. The summed E-state index contributed by atoms with van der Waals surface area (Å²) in [4.78, 5) is 24.8. The number of likely N-dealkylation sites (tertiary alicyclic amines) is 1. The highest BCUT2D eigenvalue weighted by atomic mass is 28.3. The van der Waals surface area contributed by atoms with Crippen LogP contribution in [0.3, 0.4) is 0 Å². The van der Waals surface area contributed by atoms with Crippen LogP contribution >= 0.6 is 0 Å². The van der Waals surface area contributed by atoms with Crippen molar-refractivity contribution in [2.75, 3.05) is 7.05 Å². The van der Waals surface area contributed by atoms with Crippen LogP contribution in [0.15, 0.2) is 24.3 Å². The molecule has 1 heterocycles. The second-order valence-corrected chi connectivity index (χ2v) is 11.8. The molecule has 0 saturated carbocycles. The maximum Gasteiger partial charge on any atom is 0.232 e. The minimum Gasteiger partial charge on any atom is -0.286 e. The summed E-state index contributed by atoms with van der Waals surface area (Å²) in [6, 6.07) is 8.67. The van der Waals surface area contributed by atoms with E-state index in [0.29, 0.717) is 12.8 Å². The molecule has 4 heteroatoms. The predicted octanol–water partition coefficient (Wildman–Crippen LogP) is 2.17. The summed E-state index contributed by atoms with van der Waals surface area (Å²) < 4.78 is 0. The number of imide groups is 1. The average Bonchev–Trinajstić information content (AvgIpc) is 2.39. The van der Waals surface area contributed by atoms with E-state index in [1.165, 1.54) is 15.7 Å². The minimum atomic E-state index is -1.26. The molecule has 1 aromatic carbocycles. The Morgan fingerprint density at radius 3 is 2.30 bits per heavy atom. The third kappa shape index (κ3) is 3.18. The number of piperidine rings is 1. The molecule has 0 spiro atoms. The Hall–Kier alpha value is -1.42. The Kier molecular flexibility index (Phi) is 4.13. The van der Waals surface area contributed by atoms with Gasteiger partial charge in [-0.15, -0.1) is 0 Å². The first kappa shape index (κ1) is 15.0. The highest BCUT2D eigenvalue weighted by Crippen LogP contribution is 2.22. The zero-order valence-electron chi connectivity index (χ0n) is 12.8. The van der Waals surface area contributed by atoms with Crippen molar-refractivity contribution in [2.45, 2.75) is 38.9 Å². The van der Waals surface area contributed by atoms with Crippen LogP contribution < -0.4 is 5.19 Å². The van der Waals surface area contributed by atoms with E-state index in [1.807, 2.05) is 0 Å². The standard InChI is InChI=1S/C16H23NO2Si/c1-17-15(18)10-7-13(16(17)19)11-12-5-8-14(9-6-12)20(2,3)4/h5-6,8-9,13H,7,10-11H2,1-4H3. The zero-order chi connectivity index (χ0) is 14.9. The highest BCUT2D eigenvalue weighted by molar-refractivity contribution is 6.88. The molecule has 1 atom stereocenters. The number of nitrogens with zero attached hydrogens (tertiary/aromatic N) is 1. The van der Waals surface area contributed by atoms with E-state index in [1.54, 1.807) is 7.05 Å². The fourth-order valence-corrected chi connectivity index (χ4v) is 3.77. The second-order valence-electron chi connectivity index (χ2n) is 6.68. The quantitative estimate of drug-likeness (QED) is 0.632. The van der Waals surface area contributed by atoms with Crippen LogP contribution in [-0.2, 0) is 16.0 Å². The third-order valence-corrected chi connectivity index (χ3v) is 6.13. The number of carbonyl (C=O) groups is 2. The van der Waals surface area contributed by atoms with Crippen LogP contribution in [0.5, 0.6) is 0 Å². The maximum atomic E-state index is 12.1. The number of carbonyl (C=O) groups excluding carboxylic acids is 2. The van der Waals surface area contributed by atoms with Crippen molar-refractivity contribution in [3.05, 3.63) is 29.8 Å². The lowest BCUT2D eigenvalue weighted by molar-refractivity contribution is -0.149. The molecule has 1 unspecified atom stereocenters. The van der Waals surface area contributed by atoms with Gasteiger partial charge in [-0.2, -0.15) is 0 Å². The number of hydrogen-bond donors (Lipinski definition) is 0. The number of hydrogen-bond acceptors (Lipinski definition) is 2. The monoisotopic (exact) mass is 289 g/mol. The van der Waals surface area contributed by atoms with Crippen LogP contribution in [-0.4, -0.2) is 31.8 Å². The average molecular weight is 289 g/mol. The molecule has 1 saturated heterocycles. The van der Waals surface area contributed by atoms with Crippen molar-refractivity contribution >= 4 is 25.1 Å². The molecule has 0 radical (unpaired) electrons. The Labute approximate surface area is 122 Å². The minimum absolute atomic E-state index is 0.0319. The van der Waals surface area contributed by atoms with Crippen LogP contribution in [0.1, 0.15) is 18.4 Å². The number of benzene rings is 1. The molecular weight excluding hydrogens is 266 g/mol. The Morgan fingerprint density at radius 1 is 1.15 bits per heavy atom. The molecule has 1 aliphatic heterocycles. The lowest BCUT2D eigenvalue weighted by Gasteiger charge is -2.27. The molecule has 0 aromatic heterocycles. The van der Waals surface area contributed by atoms with Crippen LogP contribution in [0.4, 0.5) is 0 Å². The number of rotatable bonds is 3. The molecule has 1 aromatic rings. The Balaban J connectivity index is 2.07. The van der Waals surface area contributed by atoms with Crippen molar-refractivity contribution < 1.29 is 9.59 Å². The summed E-state index contributed by atoms with van der Waals surface area (Å²) in [5, 5.41) is 1.43. The van der Waals surface area contributed by atoms with Gasteiger partial charge >= 0.3 is 0 Å². The molecule has 2 rings (SSSR count). The van der Waals surface area contributed by atoms with Gasteiger partial charge in [0.25, 0.3) is 0 Å². The van der Waals surface area contributed by atoms with Crippen LogP contribution in [0.25, 0.3) is 0 Å². The molecule has 1 aliphatic rings. The van der Waals surface area contributed by atoms with Gasteiger partial charge in [0.2, 0.25) is 11.8 Å². The van der Waals surface area contributed by atoms with Crippen molar-refractivity contribution in [1.82, 2.24) is 4.90 Å². The first-order chi connectivity index (χ1) is 9.29. The molecule has 1 fully saturated rings. The molecular formula is C16H23NO2Si. The van der Waals surface area contributed by atoms with Gasteiger partial charge in [0.1, 0.15) is 0 Å². The van der Waals surface area contributed by atoms with Crippen LogP contribution in [0.2, 0.25) is 19.6 Å². The summed E-state index contributed by atoms with van der Waals surface area (Å²) in [6.45, 7) is 6.98. The summed E-state index contributed by atoms with van der Waals surface area (Å²) in [5.41, 5.74) is 1.19. The first-order valence-electron chi connectivity index (χ1n) is 7.19. The van der Waals surface area contributed by atoms with Gasteiger partial charge in [0.05, 0.1) is 8.07 Å². The second kappa shape index (κ2) is 5.52. The largest absolute Gasteiger partial charge is 0.286 e. The van der Waals surface area contributed by atoms with Gasteiger partial charge in [-0.05, 0) is 18.4 Å².